The molecule has 1 atom stereocenters. The van der Waals surface area contributed by atoms with Gasteiger partial charge >= 0.3 is 5.97 Å². The van der Waals surface area contributed by atoms with Crippen LogP contribution in [0.3, 0.4) is 0 Å². The monoisotopic (exact) mass is 220 g/mol. The van der Waals surface area contributed by atoms with Crippen molar-refractivity contribution in [3.63, 3.8) is 0 Å². The van der Waals surface area contributed by atoms with Crippen molar-refractivity contribution in [1.82, 2.24) is 0 Å². The van der Waals surface area contributed by atoms with Crippen molar-refractivity contribution >= 4 is 5.97 Å². The zero-order chi connectivity index (χ0) is 11.5. The molecule has 0 bridgehead atoms. The number of carboxylic acids is 1. The predicted octanol–water partition coefficient (Wildman–Crippen LogP) is 2.27. The van der Waals surface area contributed by atoms with Crippen LogP contribution in [0.4, 0.5) is 0 Å². The summed E-state index contributed by atoms with van der Waals surface area (Å²) >= 11 is 0. The van der Waals surface area contributed by atoms with Crippen molar-refractivity contribution in [3.05, 3.63) is 29.3 Å². The molecule has 0 radical (unpaired) electrons. The molecule has 16 heavy (non-hydrogen) atoms. The van der Waals surface area contributed by atoms with Gasteiger partial charge in [0.05, 0.1) is 7.11 Å². The maximum absolute atomic E-state index is 10.5. The van der Waals surface area contributed by atoms with Crippen LogP contribution in [0.25, 0.3) is 0 Å². The van der Waals surface area contributed by atoms with Crippen molar-refractivity contribution in [2.75, 3.05) is 7.11 Å². The highest BCUT2D eigenvalue weighted by Crippen LogP contribution is 2.35. The number of carbonyl (C=O) groups is 1. The third kappa shape index (κ3) is 2.18. The van der Waals surface area contributed by atoms with Gasteiger partial charge in [-0.3, -0.25) is 4.79 Å². The minimum Gasteiger partial charge on any atom is -0.496 e. The average Bonchev–Trinajstić information content (AvgIpc) is 2.68. The quantitative estimate of drug-likeness (QED) is 0.846. The van der Waals surface area contributed by atoms with Crippen LogP contribution in [0.5, 0.6) is 5.75 Å². The predicted molar refractivity (Wildman–Crippen MR) is 60.8 cm³/mol. The summed E-state index contributed by atoms with van der Waals surface area (Å²) in [4.78, 5) is 10.5. The SMILES string of the molecule is COc1cccc2c1CC(CCC(=O)O)C2. The summed E-state index contributed by atoms with van der Waals surface area (Å²) in [5.41, 5.74) is 2.58. The van der Waals surface area contributed by atoms with Gasteiger partial charge in [0.2, 0.25) is 0 Å². The topological polar surface area (TPSA) is 46.5 Å². The summed E-state index contributed by atoms with van der Waals surface area (Å²) in [6, 6.07) is 6.08. The number of hydrogen-bond acceptors (Lipinski definition) is 2. The van der Waals surface area contributed by atoms with Gasteiger partial charge in [-0.05, 0) is 42.4 Å². The van der Waals surface area contributed by atoms with E-state index in [-0.39, 0.29) is 6.42 Å². The number of benzene rings is 1. The minimum absolute atomic E-state index is 0.265. The molecule has 0 saturated heterocycles. The van der Waals surface area contributed by atoms with E-state index < -0.39 is 5.97 Å². The van der Waals surface area contributed by atoms with E-state index in [9.17, 15) is 4.79 Å². The fourth-order valence-electron chi connectivity index (χ4n) is 2.43. The van der Waals surface area contributed by atoms with E-state index in [0.29, 0.717) is 5.92 Å². The Kier molecular flexibility index (Phi) is 3.13. The van der Waals surface area contributed by atoms with Gasteiger partial charge in [-0.2, -0.15) is 0 Å². The summed E-state index contributed by atoms with van der Waals surface area (Å²) in [5, 5.41) is 8.67. The molecule has 1 aromatic carbocycles. The van der Waals surface area contributed by atoms with Crippen LogP contribution in [-0.2, 0) is 17.6 Å². The Bertz CT molecular complexity index is 398. The molecule has 1 aliphatic rings. The fraction of sp³-hybridized carbons (Fsp3) is 0.462. The molecule has 0 amide bonds. The second-order valence-corrected chi connectivity index (χ2v) is 4.30. The lowest BCUT2D eigenvalue weighted by atomic mass is 10.0. The summed E-state index contributed by atoms with van der Waals surface area (Å²) in [7, 11) is 1.68. The van der Waals surface area contributed by atoms with Crippen molar-refractivity contribution in [2.24, 2.45) is 5.92 Å². The number of methoxy groups -OCH3 is 1. The van der Waals surface area contributed by atoms with E-state index >= 15 is 0 Å². The number of hydrogen-bond donors (Lipinski definition) is 1. The maximum Gasteiger partial charge on any atom is 0.303 e. The minimum atomic E-state index is -0.706. The van der Waals surface area contributed by atoms with Crippen LogP contribution in [-0.4, -0.2) is 18.2 Å². The van der Waals surface area contributed by atoms with E-state index in [0.717, 1.165) is 25.0 Å². The van der Waals surface area contributed by atoms with Gasteiger partial charge in [0, 0.05) is 6.42 Å². The summed E-state index contributed by atoms with van der Waals surface area (Å²) in [5.74, 6) is 0.695. The first-order chi connectivity index (χ1) is 7.70. The zero-order valence-corrected chi connectivity index (χ0v) is 9.40. The molecular weight excluding hydrogens is 204 g/mol. The van der Waals surface area contributed by atoms with Crippen LogP contribution in [0.1, 0.15) is 24.0 Å². The third-order valence-corrected chi connectivity index (χ3v) is 3.22. The van der Waals surface area contributed by atoms with Crippen molar-refractivity contribution in [1.29, 1.82) is 0 Å². The first-order valence-corrected chi connectivity index (χ1v) is 5.57. The lowest BCUT2D eigenvalue weighted by molar-refractivity contribution is -0.137. The molecular formula is C13H16O3. The normalized spacial score (nSPS) is 18.2. The molecule has 1 N–H and O–H groups in total. The Hall–Kier alpha value is -1.51. The number of rotatable bonds is 4. The molecule has 0 spiro atoms. The largest absolute Gasteiger partial charge is 0.496 e. The van der Waals surface area contributed by atoms with Gasteiger partial charge in [0.15, 0.2) is 0 Å². The molecule has 0 saturated carbocycles. The van der Waals surface area contributed by atoms with Gasteiger partial charge in [-0.15, -0.1) is 0 Å². The highest BCUT2D eigenvalue weighted by molar-refractivity contribution is 5.66. The van der Waals surface area contributed by atoms with E-state index in [1.54, 1.807) is 7.11 Å². The fourth-order valence-corrected chi connectivity index (χ4v) is 2.43. The first-order valence-electron chi connectivity index (χ1n) is 5.57. The van der Waals surface area contributed by atoms with Crippen LogP contribution >= 0.6 is 0 Å². The molecule has 1 aromatic rings. The molecule has 86 valence electrons. The first kappa shape index (κ1) is 11.0. The Labute approximate surface area is 95.0 Å². The lowest BCUT2D eigenvalue weighted by Crippen LogP contribution is -2.04. The number of carboxylic acid groups (broad SMARTS) is 1. The summed E-state index contributed by atoms with van der Waals surface area (Å²) in [6.45, 7) is 0. The molecule has 2 rings (SSSR count). The van der Waals surface area contributed by atoms with Crippen LogP contribution in [0.15, 0.2) is 18.2 Å². The average molecular weight is 220 g/mol. The summed E-state index contributed by atoms with van der Waals surface area (Å²) < 4.78 is 5.31. The van der Waals surface area contributed by atoms with Gasteiger partial charge in [-0.25, -0.2) is 0 Å². The smallest absolute Gasteiger partial charge is 0.303 e. The van der Waals surface area contributed by atoms with Gasteiger partial charge in [0.1, 0.15) is 5.75 Å². The standard InChI is InChI=1S/C13H16O3/c1-16-12-4-2-3-10-7-9(8-11(10)12)5-6-13(14)15/h2-4,9H,5-8H2,1H3,(H,14,15). The van der Waals surface area contributed by atoms with Crippen molar-refractivity contribution in [2.45, 2.75) is 25.7 Å². The molecule has 0 aromatic heterocycles. The van der Waals surface area contributed by atoms with Crippen molar-refractivity contribution < 1.29 is 14.6 Å². The molecule has 0 fully saturated rings. The Balaban J connectivity index is 2.06. The van der Waals surface area contributed by atoms with Gasteiger partial charge < -0.3 is 9.84 Å². The molecule has 1 unspecified atom stereocenters. The molecule has 3 nitrogen and oxygen atoms in total. The maximum atomic E-state index is 10.5. The van der Waals surface area contributed by atoms with E-state index in [2.05, 4.69) is 6.07 Å². The Morgan fingerprint density at radius 2 is 2.31 bits per heavy atom. The Morgan fingerprint density at radius 3 is 3.00 bits per heavy atom. The van der Waals surface area contributed by atoms with Crippen LogP contribution in [0, 0.1) is 5.92 Å². The number of ether oxygens (including phenoxy) is 1. The third-order valence-electron chi connectivity index (χ3n) is 3.22. The van der Waals surface area contributed by atoms with E-state index in [1.165, 1.54) is 11.1 Å². The number of fused-ring (bicyclic) bond motifs is 1. The summed E-state index contributed by atoms with van der Waals surface area (Å²) in [6.07, 6.45) is 2.96. The van der Waals surface area contributed by atoms with Gasteiger partial charge in [-0.1, -0.05) is 12.1 Å². The van der Waals surface area contributed by atoms with Crippen molar-refractivity contribution in [3.8, 4) is 5.75 Å². The van der Waals surface area contributed by atoms with E-state index in [1.807, 2.05) is 12.1 Å². The lowest BCUT2D eigenvalue weighted by Gasteiger charge is -2.07. The molecule has 1 aliphatic carbocycles. The zero-order valence-electron chi connectivity index (χ0n) is 9.40. The van der Waals surface area contributed by atoms with Gasteiger partial charge in [0.25, 0.3) is 0 Å². The highest BCUT2D eigenvalue weighted by Gasteiger charge is 2.24. The second-order valence-electron chi connectivity index (χ2n) is 4.30. The molecule has 3 heteroatoms. The highest BCUT2D eigenvalue weighted by atomic mass is 16.5. The number of aliphatic carboxylic acids is 1. The molecule has 0 heterocycles. The Morgan fingerprint density at radius 1 is 1.50 bits per heavy atom. The van der Waals surface area contributed by atoms with E-state index in [4.69, 9.17) is 9.84 Å². The molecule has 0 aliphatic heterocycles. The van der Waals surface area contributed by atoms with Crippen LogP contribution in [0.2, 0.25) is 0 Å². The second kappa shape index (κ2) is 4.56. The van der Waals surface area contributed by atoms with Crippen LogP contribution < -0.4 is 4.74 Å².